The van der Waals surface area contributed by atoms with Crippen molar-refractivity contribution in [3.8, 4) is 0 Å². The minimum Gasteiger partial charge on any atom is -0.385 e. The topological polar surface area (TPSA) is 38.0 Å². The first-order chi connectivity index (χ1) is 9.29. The lowest BCUT2D eigenvalue weighted by atomic mass is 9.84. The molecule has 1 saturated carbocycles. The molecule has 0 radical (unpaired) electrons. The molecular weight excluding hydrogens is 232 g/mol. The Morgan fingerprint density at radius 2 is 1.84 bits per heavy atom. The number of nitrogens with two attached hydrogens (primary N) is 1. The molecule has 1 aliphatic carbocycles. The third-order valence-electron chi connectivity index (χ3n) is 4.30. The highest BCUT2D eigenvalue weighted by atomic mass is 14.9. The van der Waals surface area contributed by atoms with Gasteiger partial charge in [0.1, 0.15) is 0 Å². The van der Waals surface area contributed by atoms with Gasteiger partial charge >= 0.3 is 0 Å². The highest BCUT2D eigenvalue weighted by Gasteiger charge is 2.14. The maximum atomic E-state index is 5.57. The standard InChI is InChI=1S/C17H28N2/c1-14(11-12-18)13-19-17-9-7-16(8-10-17)15-5-3-2-4-6-15/h7-10,14-15,19H,2-6,11-13,18H2,1H3. The normalized spacial score (nSPS) is 18.2. The van der Waals surface area contributed by atoms with Gasteiger partial charge in [-0.25, -0.2) is 0 Å². The number of hydrogen-bond acceptors (Lipinski definition) is 2. The Morgan fingerprint density at radius 1 is 1.16 bits per heavy atom. The van der Waals surface area contributed by atoms with Gasteiger partial charge < -0.3 is 11.1 Å². The molecule has 0 amide bonds. The zero-order valence-electron chi connectivity index (χ0n) is 12.2. The van der Waals surface area contributed by atoms with E-state index in [1.165, 1.54) is 43.4 Å². The van der Waals surface area contributed by atoms with Gasteiger partial charge in [-0.05, 0) is 55.3 Å². The van der Waals surface area contributed by atoms with Gasteiger partial charge in [-0.15, -0.1) is 0 Å². The van der Waals surface area contributed by atoms with Gasteiger partial charge in [0.2, 0.25) is 0 Å². The van der Waals surface area contributed by atoms with Crippen molar-refractivity contribution in [3.05, 3.63) is 29.8 Å². The van der Waals surface area contributed by atoms with E-state index in [1.807, 2.05) is 0 Å². The second-order valence-electron chi connectivity index (χ2n) is 6.02. The first-order valence-electron chi connectivity index (χ1n) is 7.83. The third-order valence-corrected chi connectivity index (χ3v) is 4.30. The van der Waals surface area contributed by atoms with E-state index in [9.17, 15) is 0 Å². The quantitative estimate of drug-likeness (QED) is 0.807. The van der Waals surface area contributed by atoms with E-state index in [1.54, 1.807) is 0 Å². The highest BCUT2D eigenvalue weighted by Crippen LogP contribution is 2.32. The summed E-state index contributed by atoms with van der Waals surface area (Å²) in [5, 5.41) is 3.50. The van der Waals surface area contributed by atoms with Crippen molar-refractivity contribution in [2.75, 3.05) is 18.4 Å². The van der Waals surface area contributed by atoms with Crippen LogP contribution in [0.4, 0.5) is 5.69 Å². The zero-order valence-corrected chi connectivity index (χ0v) is 12.2. The second-order valence-corrected chi connectivity index (χ2v) is 6.02. The Labute approximate surface area is 117 Å². The average Bonchev–Trinajstić information content (AvgIpc) is 2.47. The molecule has 0 aromatic heterocycles. The summed E-state index contributed by atoms with van der Waals surface area (Å²) in [5.74, 6) is 1.45. The van der Waals surface area contributed by atoms with Crippen molar-refractivity contribution in [2.45, 2.75) is 51.4 Å². The van der Waals surface area contributed by atoms with E-state index in [0.29, 0.717) is 5.92 Å². The van der Waals surface area contributed by atoms with Crippen LogP contribution in [0.1, 0.15) is 56.9 Å². The van der Waals surface area contributed by atoms with Crippen molar-refractivity contribution in [1.82, 2.24) is 0 Å². The van der Waals surface area contributed by atoms with Gasteiger partial charge in [-0.2, -0.15) is 0 Å². The van der Waals surface area contributed by atoms with Gasteiger partial charge in [0, 0.05) is 12.2 Å². The lowest BCUT2D eigenvalue weighted by Gasteiger charge is -2.22. The van der Waals surface area contributed by atoms with E-state index in [-0.39, 0.29) is 0 Å². The summed E-state index contributed by atoms with van der Waals surface area (Å²) < 4.78 is 0. The Kier molecular flexibility index (Phi) is 5.71. The summed E-state index contributed by atoms with van der Waals surface area (Å²) in [5.41, 5.74) is 8.34. The molecule has 19 heavy (non-hydrogen) atoms. The molecule has 106 valence electrons. The van der Waals surface area contributed by atoms with E-state index in [0.717, 1.165) is 25.4 Å². The van der Waals surface area contributed by atoms with Crippen molar-refractivity contribution < 1.29 is 0 Å². The number of hydrogen-bond donors (Lipinski definition) is 2. The SMILES string of the molecule is CC(CCN)CNc1ccc(C2CCCCC2)cc1. The minimum atomic E-state index is 0.642. The maximum absolute atomic E-state index is 5.57. The van der Waals surface area contributed by atoms with Crippen LogP contribution in [0.15, 0.2) is 24.3 Å². The van der Waals surface area contributed by atoms with Crippen LogP contribution < -0.4 is 11.1 Å². The average molecular weight is 260 g/mol. The molecule has 1 fully saturated rings. The van der Waals surface area contributed by atoms with Gasteiger partial charge in [-0.1, -0.05) is 38.3 Å². The molecule has 1 aromatic carbocycles. The predicted octanol–water partition coefficient (Wildman–Crippen LogP) is 4.13. The van der Waals surface area contributed by atoms with Crippen LogP contribution in [-0.2, 0) is 0 Å². The summed E-state index contributed by atoms with van der Waals surface area (Å²) in [4.78, 5) is 0. The van der Waals surface area contributed by atoms with Crippen LogP contribution >= 0.6 is 0 Å². The number of anilines is 1. The molecule has 3 N–H and O–H groups in total. The minimum absolute atomic E-state index is 0.642. The molecule has 1 unspecified atom stereocenters. The van der Waals surface area contributed by atoms with Gasteiger partial charge in [0.05, 0.1) is 0 Å². The van der Waals surface area contributed by atoms with Crippen LogP contribution in [0.25, 0.3) is 0 Å². The number of benzene rings is 1. The fourth-order valence-corrected chi connectivity index (χ4v) is 2.99. The van der Waals surface area contributed by atoms with Crippen LogP contribution in [0.5, 0.6) is 0 Å². The third kappa shape index (κ3) is 4.54. The molecule has 1 atom stereocenters. The molecular formula is C17H28N2. The monoisotopic (exact) mass is 260 g/mol. The molecule has 2 nitrogen and oxygen atoms in total. The largest absolute Gasteiger partial charge is 0.385 e. The van der Waals surface area contributed by atoms with Crippen LogP contribution in [0.2, 0.25) is 0 Å². The Balaban J connectivity index is 1.83. The molecule has 1 aromatic rings. The van der Waals surface area contributed by atoms with E-state index in [2.05, 4.69) is 36.5 Å². The second kappa shape index (κ2) is 7.54. The molecule has 0 saturated heterocycles. The fraction of sp³-hybridized carbons (Fsp3) is 0.647. The molecule has 1 aliphatic rings. The number of nitrogens with one attached hydrogen (secondary N) is 1. The summed E-state index contributed by atoms with van der Waals surface area (Å²) in [6.07, 6.45) is 8.07. The van der Waals surface area contributed by atoms with Gasteiger partial charge in [0.15, 0.2) is 0 Å². The van der Waals surface area contributed by atoms with Crippen LogP contribution in [0, 0.1) is 5.92 Å². The molecule has 0 aliphatic heterocycles. The molecule has 0 spiro atoms. The fourth-order valence-electron chi connectivity index (χ4n) is 2.99. The smallest absolute Gasteiger partial charge is 0.0340 e. The highest BCUT2D eigenvalue weighted by molar-refractivity contribution is 5.45. The summed E-state index contributed by atoms with van der Waals surface area (Å²) >= 11 is 0. The molecule has 0 bridgehead atoms. The van der Waals surface area contributed by atoms with Crippen molar-refractivity contribution >= 4 is 5.69 Å². The van der Waals surface area contributed by atoms with Gasteiger partial charge in [-0.3, -0.25) is 0 Å². The lowest BCUT2D eigenvalue weighted by molar-refractivity contribution is 0.443. The molecule has 0 heterocycles. The maximum Gasteiger partial charge on any atom is 0.0340 e. The van der Waals surface area contributed by atoms with Gasteiger partial charge in [0.25, 0.3) is 0 Å². The zero-order chi connectivity index (χ0) is 13.5. The van der Waals surface area contributed by atoms with E-state index in [4.69, 9.17) is 5.73 Å². The van der Waals surface area contributed by atoms with Crippen molar-refractivity contribution in [2.24, 2.45) is 11.7 Å². The Hall–Kier alpha value is -1.02. The molecule has 2 rings (SSSR count). The molecule has 2 heteroatoms. The Bertz CT molecular complexity index is 352. The van der Waals surface area contributed by atoms with E-state index < -0.39 is 0 Å². The number of rotatable bonds is 6. The summed E-state index contributed by atoms with van der Waals surface area (Å²) in [7, 11) is 0. The Morgan fingerprint density at radius 3 is 2.47 bits per heavy atom. The predicted molar refractivity (Wildman–Crippen MR) is 83.6 cm³/mol. The summed E-state index contributed by atoms with van der Waals surface area (Å²) in [6, 6.07) is 9.09. The van der Waals surface area contributed by atoms with Crippen molar-refractivity contribution in [1.29, 1.82) is 0 Å². The first kappa shape index (κ1) is 14.4. The lowest BCUT2D eigenvalue weighted by Crippen LogP contribution is -2.15. The van der Waals surface area contributed by atoms with Crippen molar-refractivity contribution in [3.63, 3.8) is 0 Å². The first-order valence-corrected chi connectivity index (χ1v) is 7.83. The van der Waals surface area contributed by atoms with E-state index >= 15 is 0 Å². The summed E-state index contributed by atoms with van der Waals surface area (Å²) in [6.45, 7) is 4.04. The van der Waals surface area contributed by atoms with Crippen LogP contribution in [0.3, 0.4) is 0 Å². The van der Waals surface area contributed by atoms with Crippen LogP contribution in [-0.4, -0.2) is 13.1 Å².